The summed E-state index contributed by atoms with van der Waals surface area (Å²) in [5.74, 6) is -1.34. The molecule has 0 unspecified atom stereocenters. The van der Waals surface area contributed by atoms with Crippen LogP contribution in [0.5, 0.6) is 0 Å². The predicted molar refractivity (Wildman–Crippen MR) is 124 cm³/mol. The van der Waals surface area contributed by atoms with Crippen LogP contribution in [0, 0.1) is 10.1 Å². The van der Waals surface area contributed by atoms with Gasteiger partial charge in [-0.1, -0.05) is 12.1 Å². The molecule has 1 atom stereocenters. The molecule has 1 heterocycles. The third-order valence-electron chi connectivity index (χ3n) is 4.69. The van der Waals surface area contributed by atoms with Gasteiger partial charge in [-0.3, -0.25) is 25.7 Å². The Kier molecular flexibility index (Phi) is 7.63. The zero-order chi connectivity index (χ0) is 24.0. The van der Waals surface area contributed by atoms with Gasteiger partial charge in [-0.2, -0.15) is 0 Å². The van der Waals surface area contributed by atoms with Crippen LogP contribution >= 0.6 is 12.2 Å². The summed E-state index contributed by atoms with van der Waals surface area (Å²) in [7, 11) is -4.43. The molecule has 5 N–H and O–H groups in total. The monoisotopic (exact) mass is 495 g/mol. The van der Waals surface area contributed by atoms with E-state index in [1.807, 2.05) is 0 Å². The zero-order valence-electron chi connectivity index (χ0n) is 17.1. The predicted octanol–water partition coefficient (Wildman–Crippen LogP) is 2.06. The first-order valence-corrected chi connectivity index (χ1v) is 11.6. The molecule has 1 aliphatic heterocycles. The van der Waals surface area contributed by atoms with Gasteiger partial charge in [0.25, 0.3) is 15.7 Å². The van der Waals surface area contributed by atoms with Gasteiger partial charge in [-0.25, -0.2) is 13.2 Å². The number of hydrazine groups is 1. The van der Waals surface area contributed by atoms with Gasteiger partial charge in [0.2, 0.25) is 0 Å². The highest BCUT2D eigenvalue weighted by atomic mass is 32.2. The fraction of sp³-hybridized carbons (Fsp3) is 0.263. The number of non-ortho nitro benzene ring substituents is 1. The molecule has 33 heavy (non-hydrogen) atoms. The molecular weight excluding hydrogens is 474 g/mol. The molecule has 0 bridgehead atoms. The van der Waals surface area contributed by atoms with E-state index in [0.29, 0.717) is 13.2 Å². The summed E-state index contributed by atoms with van der Waals surface area (Å²) in [5.41, 5.74) is 4.29. The Labute approximate surface area is 194 Å². The van der Waals surface area contributed by atoms with Crippen LogP contribution in [-0.4, -0.2) is 48.8 Å². The minimum Gasteiger partial charge on any atom is -0.478 e. The van der Waals surface area contributed by atoms with Crippen LogP contribution in [-0.2, 0) is 14.8 Å². The van der Waals surface area contributed by atoms with Crippen molar-refractivity contribution in [3.63, 3.8) is 0 Å². The third kappa shape index (κ3) is 6.27. The van der Waals surface area contributed by atoms with Crippen LogP contribution in [0.25, 0.3) is 0 Å². The summed E-state index contributed by atoms with van der Waals surface area (Å²) < 4.78 is 33.8. The molecule has 0 spiro atoms. The third-order valence-corrected chi connectivity index (χ3v) is 6.34. The molecule has 1 fully saturated rings. The highest BCUT2D eigenvalue weighted by molar-refractivity contribution is 7.93. The van der Waals surface area contributed by atoms with Crippen molar-refractivity contribution in [1.29, 1.82) is 0 Å². The van der Waals surface area contributed by atoms with E-state index in [1.54, 1.807) is 0 Å². The van der Waals surface area contributed by atoms with Crippen molar-refractivity contribution >= 4 is 50.4 Å². The number of para-hydroxylation sites is 1. The van der Waals surface area contributed by atoms with Crippen LogP contribution in [0.3, 0.4) is 0 Å². The molecular formula is C19H21N5O7S2. The Morgan fingerprint density at radius 1 is 1.24 bits per heavy atom. The van der Waals surface area contributed by atoms with Crippen LogP contribution in [0.4, 0.5) is 17.1 Å². The van der Waals surface area contributed by atoms with E-state index < -0.39 is 31.5 Å². The first kappa shape index (κ1) is 24.2. The second-order valence-electron chi connectivity index (χ2n) is 6.99. The number of rotatable bonds is 9. The average Bonchev–Trinajstić information content (AvgIpc) is 3.29. The molecule has 1 saturated heterocycles. The minimum absolute atomic E-state index is 0.0265. The fourth-order valence-corrected chi connectivity index (χ4v) is 4.49. The van der Waals surface area contributed by atoms with Gasteiger partial charge in [-0.05, 0) is 43.3 Å². The molecule has 2 aromatic carbocycles. The second-order valence-corrected chi connectivity index (χ2v) is 9.05. The van der Waals surface area contributed by atoms with Crippen molar-refractivity contribution in [2.75, 3.05) is 23.3 Å². The van der Waals surface area contributed by atoms with E-state index in [1.165, 1.54) is 30.3 Å². The van der Waals surface area contributed by atoms with E-state index in [4.69, 9.17) is 17.0 Å². The first-order chi connectivity index (χ1) is 15.7. The molecule has 14 heteroatoms. The summed E-state index contributed by atoms with van der Waals surface area (Å²) in [6.07, 6.45) is 1.89. The highest BCUT2D eigenvalue weighted by Crippen LogP contribution is 2.29. The van der Waals surface area contributed by atoms with Crippen LogP contribution in [0.2, 0.25) is 0 Å². The standard InChI is InChI=1S/C19H21N5O7S2/c25-18(26)14-5-1-2-6-15(14)23-33(29,30)17-10-12(24(27)28)7-8-16(17)21-22-19(32)20-11-13-4-3-9-31-13/h1-2,5-8,10,13,21,23H,3-4,9,11H2,(H,25,26)(H2,20,22,32)/t13-/m0/s1. The second kappa shape index (κ2) is 10.4. The maximum atomic E-state index is 13.1. The highest BCUT2D eigenvalue weighted by Gasteiger charge is 2.25. The van der Waals surface area contributed by atoms with Gasteiger partial charge in [0.15, 0.2) is 5.11 Å². The Balaban J connectivity index is 1.81. The molecule has 0 amide bonds. The number of aromatic carboxylic acids is 1. The van der Waals surface area contributed by atoms with E-state index in [9.17, 15) is 28.4 Å². The largest absolute Gasteiger partial charge is 0.478 e. The topological polar surface area (TPSA) is 172 Å². The van der Waals surface area contributed by atoms with Gasteiger partial charge in [0.1, 0.15) is 4.90 Å². The maximum Gasteiger partial charge on any atom is 0.337 e. The number of nitrogens with one attached hydrogen (secondary N) is 4. The number of carboxylic acids is 1. The fourth-order valence-electron chi connectivity index (χ4n) is 3.09. The molecule has 12 nitrogen and oxygen atoms in total. The summed E-state index contributed by atoms with van der Waals surface area (Å²) >= 11 is 5.16. The lowest BCUT2D eigenvalue weighted by atomic mass is 10.2. The number of ether oxygens (including phenoxy) is 1. The average molecular weight is 496 g/mol. The van der Waals surface area contributed by atoms with Gasteiger partial charge in [0, 0.05) is 25.3 Å². The lowest BCUT2D eigenvalue weighted by Gasteiger charge is -2.17. The molecule has 0 aliphatic carbocycles. The van der Waals surface area contributed by atoms with E-state index in [0.717, 1.165) is 25.0 Å². The number of hydrogen-bond donors (Lipinski definition) is 5. The van der Waals surface area contributed by atoms with E-state index in [2.05, 4.69) is 20.9 Å². The molecule has 2 aromatic rings. The summed E-state index contributed by atoms with van der Waals surface area (Å²) in [4.78, 5) is 21.4. The molecule has 3 rings (SSSR count). The van der Waals surface area contributed by atoms with Crippen molar-refractivity contribution in [2.24, 2.45) is 0 Å². The lowest BCUT2D eigenvalue weighted by Crippen LogP contribution is -2.42. The Hall–Kier alpha value is -3.49. The summed E-state index contributed by atoms with van der Waals surface area (Å²) in [6.45, 7) is 1.15. The van der Waals surface area contributed by atoms with Gasteiger partial charge in [-0.15, -0.1) is 0 Å². The number of benzene rings is 2. The Bertz CT molecular complexity index is 1170. The number of carbonyl (C=O) groups is 1. The van der Waals surface area contributed by atoms with E-state index in [-0.39, 0.29) is 28.2 Å². The molecule has 0 saturated carbocycles. The maximum absolute atomic E-state index is 13.1. The smallest absolute Gasteiger partial charge is 0.337 e. The van der Waals surface area contributed by atoms with Gasteiger partial charge < -0.3 is 15.2 Å². The van der Waals surface area contributed by atoms with Gasteiger partial charge >= 0.3 is 5.97 Å². The first-order valence-electron chi connectivity index (χ1n) is 9.72. The van der Waals surface area contributed by atoms with Crippen molar-refractivity contribution in [2.45, 2.75) is 23.8 Å². The van der Waals surface area contributed by atoms with Crippen LogP contribution < -0.4 is 20.9 Å². The quantitative estimate of drug-likeness (QED) is 0.196. The zero-order valence-corrected chi connectivity index (χ0v) is 18.7. The lowest BCUT2D eigenvalue weighted by molar-refractivity contribution is -0.385. The normalized spacial score (nSPS) is 15.5. The molecule has 0 aromatic heterocycles. The summed E-state index contributed by atoms with van der Waals surface area (Å²) in [5, 5.41) is 23.6. The number of nitro groups is 1. The number of sulfonamides is 1. The molecule has 1 aliphatic rings. The van der Waals surface area contributed by atoms with Crippen molar-refractivity contribution < 1.29 is 28.0 Å². The number of thiocarbonyl (C=S) groups is 1. The minimum atomic E-state index is -4.43. The van der Waals surface area contributed by atoms with E-state index >= 15 is 0 Å². The SMILES string of the molecule is O=C(O)c1ccccc1NS(=O)(=O)c1cc([N+](=O)[O-])ccc1NNC(=S)NC[C@@H]1CCCO1. The molecule has 0 radical (unpaired) electrons. The van der Waals surface area contributed by atoms with Crippen LogP contribution in [0.15, 0.2) is 47.4 Å². The van der Waals surface area contributed by atoms with Crippen LogP contribution in [0.1, 0.15) is 23.2 Å². The van der Waals surface area contributed by atoms with Crippen molar-refractivity contribution in [3.05, 3.63) is 58.1 Å². The number of nitrogens with zero attached hydrogens (tertiary/aromatic N) is 1. The number of nitro benzene ring substituents is 1. The van der Waals surface area contributed by atoms with Gasteiger partial charge in [0.05, 0.1) is 28.0 Å². The Morgan fingerprint density at radius 2 is 2.00 bits per heavy atom. The Morgan fingerprint density at radius 3 is 2.67 bits per heavy atom. The van der Waals surface area contributed by atoms with Crippen molar-refractivity contribution in [3.8, 4) is 0 Å². The number of carboxylic acid groups (broad SMARTS) is 1. The number of hydrogen-bond acceptors (Lipinski definition) is 8. The molecule has 176 valence electrons. The summed E-state index contributed by atoms with van der Waals surface area (Å²) in [6, 6.07) is 8.58. The number of anilines is 2. The van der Waals surface area contributed by atoms with Crippen molar-refractivity contribution in [1.82, 2.24) is 10.7 Å².